The van der Waals surface area contributed by atoms with E-state index in [1.54, 1.807) is 0 Å². The largest absolute Gasteiger partial charge is 0 e. The Kier molecular flexibility index (Phi) is 11.8. The fraction of sp³-hybridized carbons (Fsp3) is 1.00. The molecular formula is C3H7OSbZr. The predicted octanol–water partition coefficient (Wildman–Crippen LogP) is 0.492. The molecule has 0 aliphatic carbocycles. The van der Waals surface area contributed by atoms with E-state index in [0.717, 1.165) is 0 Å². The Balaban J connectivity index is 0. The van der Waals surface area contributed by atoms with Gasteiger partial charge >= 0.3 is 46.4 Å². The zero-order valence-corrected chi connectivity index (χ0v) is 8.94. The van der Waals surface area contributed by atoms with Gasteiger partial charge in [0.25, 0.3) is 0 Å². The first-order valence-corrected chi connectivity index (χ1v) is 2.62. The van der Waals surface area contributed by atoms with Crippen LogP contribution in [0.5, 0.6) is 0 Å². The summed E-state index contributed by atoms with van der Waals surface area (Å²) in [5.41, 5.74) is 0. The SMILES string of the molecule is CC(C)[O][Sb].[Zr]. The van der Waals surface area contributed by atoms with Crippen LogP contribution in [0.2, 0.25) is 0 Å². The Morgan fingerprint density at radius 1 is 1.50 bits per heavy atom. The first-order valence-electron chi connectivity index (χ1n) is 1.57. The van der Waals surface area contributed by atoms with Crippen molar-refractivity contribution in [3.8, 4) is 0 Å². The third-order valence-corrected chi connectivity index (χ3v) is 1.41. The summed E-state index contributed by atoms with van der Waals surface area (Å²) in [6.07, 6.45) is 0.406. The van der Waals surface area contributed by atoms with Crippen LogP contribution in [0.3, 0.4) is 0 Å². The first kappa shape index (κ1) is 10.6. The van der Waals surface area contributed by atoms with Crippen molar-refractivity contribution >= 4 is 23.4 Å². The van der Waals surface area contributed by atoms with Gasteiger partial charge in [-0.1, -0.05) is 0 Å². The molecule has 0 spiro atoms. The summed E-state index contributed by atoms with van der Waals surface area (Å²) in [6, 6.07) is 0. The zero-order chi connectivity index (χ0) is 4.28. The topological polar surface area (TPSA) is 9.23 Å². The van der Waals surface area contributed by atoms with E-state index in [1.807, 2.05) is 13.8 Å². The first-order chi connectivity index (χ1) is 2.27. The van der Waals surface area contributed by atoms with Gasteiger partial charge in [0.1, 0.15) is 0 Å². The molecule has 6 heavy (non-hydrogen) atoms. The van der Waals surface area contributed by atoms with E-state index in [-0.39, 0.29) is 26.2 Å². The third-order valence-electron chi connectivity index (χ3n) is 0.211. The summed E-state index contributed by atoms with van der Waals surface area (Å²) < 4.78 is 4.80. The fourth-order valence-electron chi connectivity index (χ4n) is 0. The molecule has 0 unspecified atom stereocenters. The van der Waals surface area contributed by atoms with Gasteiger partial charge in [0.05, 0.1) is 0 Å². The van der Waals surface area contributed by atoms with E-state index in [0.29, 0.717) is 6.10 Å². The second kappa shape index (κ2) is 6.66. The van der Waals surface area contributed by atoms with Gasteiger partial charge < -0.3 is 0 Å². The molecule has 0 heterocycles. The van der Waals surface area contributed by atoms with Crippen LogP contribution in [0.4, 0.5) is 0 Å². The minimum Gasteiger partial charge on any atom is 0 e. The summed E-state index contributed by atoms with van der Waals surface area (Å²) in [4.78, 5) is 0. The van der Waals surface area contributed by atoms with Crippen LogP contribution in [-0.4, -0.2) is 29.5 Å². The smallest absolute Gasteiger partial charge is 0 e. The van der Waals surface area contributed by atoms with Gasteiger partial charge in [0, 0.05) is 26.2 Å². The molecule has 0 fully saturated rings. The Hall–Kier alpha value is 1.66. The predicted molar refractivity (Wildman–Crippen MR) is 22.0 cm³/mol. The van der Waals surface area contributed by atoms with Crippen molar-refractivity contribution < 1.29 is 29.2 Å². The molecule has 0 rings (SSSR count). The molecule has 0 bridgehead atoms. The van der Waals surface area contributed by atoms with Crippen LogP contribution in [0.15, 0.2) is 0 Å². The zero-order valence-electron chi connectivity index (χ0n) is 3.93. The van der Waals surface area contributed by atoms with E-state index in [9.17, 15) is 0 Å². The Morgan fingerprint density at radius 3 is 1.67 bits per heavy atom. The van der Waals surface area contributed by atoms with E-state index >= 15 is 0 Å². The normalized spacial score (nSPS) is 8.00. The standard InChI is InChI=1S/C3H7O.Sb.Zr/c1-3(2)4;;/h3H,1-2H3;;/q-1;+1;. The molecule has 1 nitrogen and oxygen atoms in total. The summed E-state index contributed by atoms with van der Waals surface area (Å²) in [5, 5.41) is 0. The van der Waals surface area contributed by atoms with Gasteiger partial charge in [0.2, 0.25) is 0 Å². The molecular weight excluding hydrogens is 265 g/mol. The molecule has 0 aromatic rings. The molecule has 0 aliphatic heterocycles. The van der Waals surface area contributed by atoms with Crippen molar-refractivity contribution in [2.75, 3.05) is 0 Å². The van der Waals surface area contributed by atoms with E-state index in [1.165, 1.54) is 23.4 Å². The quantitative estimate of drug-likeness (QED) is 0.631. The van der Waals surface area contributed by atoms with Gasteiger partial charge in [0.15, 0.2) is 0 Å². The third kappa shape index (κ3) is 9.18. The van der Waals surface area contributed by atoms with Crippen LogP contribution in [0, 0.1) is 0 Å². The molecule has 0 N–H and O–H groups in total. The van der Waals surface area contributed by atoms with Gasteiger partial charge in [-0.15, -0.1) is 0 Å². The molecule has 0 aromatic carbocycles. The van der Waals surface area contributed by atoms with Crippen molar-refractivity contribution in [2.45, 2.75) is 20.0 Å². The average Bonchev–Trinajstić information content (AvgIpc) is 1.38. The van der Waals surface area contributed by atoms with Crippen molar-refractivity contribution in [1.29, 1.82) is 0 Å². The van der Waals surface area contributed by atoms with E-state index in [4.69, 9.17) is 3.02 Å². The molecule has 0 saturated carbocycles. The van der Waals surface area contributed by atoms with Crippen LogP contribution >= 0.6 is 0 Å². The number of hydrogen-bond donors (Lipinski definition) is 0. The monoisotopic (exact) mass is 270 g/mol. The van der Waals surface area contributed by atoms with Gasteiger partial charge in [-0.05, 0) is 0 Å². The average molecular weight is 272 g/mol. The van der Waals surface area contributed by atoms with Crippen LogP contribution in [0.25, 0.3) is 0 Å². The second-order valence-electron chi connectivity index (χ2n) is 1.15. The van der Waals surface area contributed by atoms with E-state index in [2.05, 4.69) is 0 Å². The minimum atomic E-state index is 0. The molecule has 0 atom stereocenters. The van der Waals surface area contributed by atoms with Crippen LogP contribution < -0.4 is 0 Å². The van der Waals surface area contributed by atoms with Gasteiger partial charge in [-0.3, -0.25) is 0 Å². The number of hydrogen-bond acceptors (Lipinski definition) is 1. The minimum absolute atomic E-state index is 0. The van der Waals surface area contributed by atoms with Gasteiger partial charge in [-0.25, -0.2) is 0 Å². The Bertz CT molecular complexity index is 24.8. The van der Waals surface area contributed by atoms with Crippen LogP contribution in [0.1, 0.15) is 13.8 Å². The molecule has 0 aliphatic rings. The molecule has 0 saturated heterocycles. The maximum absolute atomic E-state index is 4.80. The summed E-state index contributed by atoms with van der Waals surface area (Å²) in [5.74, 6) is 0. The molecule has 34 valence electrons. The maximum atomic E-state index is 4.80. The molecule has 3 heteroatoms. The molecule has 0 aromatic heterocycles. The maximum Gasteiger partial charge on any atom is 0 e. The summed E-state index contributed by atoms with van der Waals surface area (Å²) >= 11 is 1.40. The summed E-state index contributed by atoms with van der Waals surface area (Å²) in [7, 11) is 0. The van der Waals surface area contributed by atoms with Crippen molar-refractivity contribution in [2.24, 2.45) is 0 Å². The van der Waals surface area contributed by atoms with Crippen molar-refractivity contribution in [1.82, 2.24) is 0 Å². The van der Waals surface area contributed by atoms with Crippen molar-refractivity contribution in [3.63, 3.8) is 0 Å². The second-order valence-corrected chi connectivity index (χ2v) is 1.76. The van der Waals surface area contributed by atoms with E-state index < -0.39 is 0 Å². The summed E-state index contributed by atoms with van der Waals surface area (Å²) in [6.45, 7) is 4.03. The van der Waals surface area contributed by atoms with Gasteiger partial charge in [-0.2, -0.15) is 0 Å². The Labute approximate surface area is 72.0 Å². The Morgan fingerprint density at radius 2 is 1.67 bits per heavy atom. The molecule has 0 amide bonds. The molecule has 2 radical (unpaired) electrons. The number of rotatable bonds is 1. The van der Waals surface area contributed by atoms with Crippen molar-refractivity contribution in [3.05, 3.63) is 0 Å². The van der Waals surface area contributed by atoms with Crippen LogP contribution in [-0.2, 0) is 29.2 Å². The fourth-order valence-corrected chi connectivity index (χ4v) is 0.